The van der Waals surface area contributed by atoms with Crippen LogP contribution in [0.5, 0.6) is 0 Å². The van der Waals surface area contributed by atoms with Gasteiger partial charge in [-0.15, -0.1) is 0 Å². The number of hydrogen-bond acceptors (Lipinski definition) is 5. The third-order valence-electron chi connectivity index (χ3n) is 9.98. The number of nitrogens with one attached hydrogen (secondary N) is 2. The lowest BCUT2D eigenvalue weighted by Crippen LogP contribution is -2.63. The van der Waals surface area contributed by atoms with E-state index in [9.17, 15) is 14.4 Å². The van der Waals surface area contributed by atoms with E-state index in [0.29, 0.717) is 30.9 Å². The summed E-state index contributed by atoms with van der Waals surface area (Å²) >= 11 is 0. The predicted octanol–water partition coefficient (Wildman–Crippen LogP) is 5.47. The van der Waals surface area contributed by atoms with Gasteiger partial charge >= 0.3 is 0 Å². The van der Waals surface area contributed by atoms with Crippen molar-refractivity contribution in [3.63, 3.8) is 0 Å². The Hall–Kier alpha value is -4.27. The minimum atomic E-state index is -0.853. The lowest BCUT2D eigenvalue weighted by Gasteiger charge is -2.47. The van der Waals surface area contributed by atoms with Gasteiger partial charge in [-0.05, 0) is 81.4 Å². The van der Waals surface area contributed by atoms with E-state index in [-0.39, 0.29) is 34.8 Å². The first-order valence-corrected chi connectivity index (χ1v) is 17.5. The Morgan fingerprint density at radius 3 is 2.31 bits per heavy atom. The zero-order valence-electron chi connectivity index (χ0n) is 29.9. The lowest BCUT2D eigenvalue weighted by molar-refractivity contribution is -0.142. The molecule has 0 radical (unpaired) electrons. The molecule has 0 bridgehead atoms. The highest BCUT2D eigenvalue weighted by Crippen LogP contribution is 2.32. The number of rotatable bonds is 11. The van der Waals surface area contributed by atoms with Gasteiger partial charge in [-0.2, -0.15) is 0 Å². The monoisotopic (exact) mass is 663 g/mol. The first-order chi connectivity index (χ1) is 23.2. The summed E-state index contributed by atoms with van der Waals surface area (Å²) in [7, 11) is 3.37. The lowest BCUT2D eigenvalue weighted by atomic mass is 9.79. The van der Waals surface area contributed by atoms with Crippen LogP contribution < -0.4 is 16.4 Å². The number of carbonyl (C=O) groups excluding carboxylic acids is 3. The standard InChI is InChI=1S/C41H53N5O3/c1-40(2)25-34(26-41(3,4)44-40)43-37(47)35(23-28-13-8-7-9-14-28)45(5)39(49)36(24-29-19-20-31-16-10-11-17-32(31)21-29)46(6)38(48)33-18-12-15-30(22-33)27-42/h7-15,17-22,31,34-36,44H,16,23-27,42H2,1-6H3,(H,43,47)/t31?,35?,36-/m1/s1. The highest BCUT2D eigenvalue weighted by molar-refractivity contribution is 5.98. The van der Waals surface area contributed by atoms with Crippen LogP contribution in [0.4, 0.5) is 0 Å². The Kier molecular flexibility index (Phi) is 11.1. The van der Waals surface area contributed by atoms with Crippen molar-refractivity contribution in [3.05, 3.63) is 119 Å². The Labute approximate surface area is 292 Å². The molecule has 8 heteroatoms. The van der Waals surface area contributed by atoms with Crippen LogP contribution in [-0.4, -0.2) is 70.8 Å². The van der Waals surface area contributed by atoms with Crippen molar-refractivity contribution in [3.8, 4) is 0 Å². The molecule has 1 heterocycles. The van der Waals surface area contributed by atoms with Gasteiger partial charge in [0.1, 0.15) is 12.1 Å². The highest BCUT2D eigenvalue weighted by Gasteiger charge is 2.41. The van der Waals surface area contributed by atoms with Gasteiger partial charge in [0.25, 0.3) is 5.91 Å². The molecule has 4 N–H and O–H groups in total. The molecule has 2 unspecified atom stereocenters. The minimum absolute atomic E-state index is 0.0568. The van der Waals surface area contributed by atoms with Crippen LogP contribution in [0.2, 0.25) is 0 Å². The van der Waals surface area contributed by atoms with Gasteiger partial charge in [0, 0.05) is 62.1 Å². The predicted molar refractivity (Wildman–Crippen MR) is 197 cm³/mol. The summed E-state index contributed by atoms with van der Waals surface area (Å²) in [5.41, 5.74) is 9.99. The molecular weight excluding hydrogens is 610 g/mol. The molecule has 2 aromatic rings. The van der Waals surface area contributed by atoms with Crippen molar-refractivity contribution in [2.24, 2.45) is 11.7 Å². The van der Waals surface area contributed by atoms with Gasteiger partial charge in [-0.1, -0.05) is 78.9 Å². The van der Waals surface area contributed by atoms with E-state index in [1.807, 2.05) is 42.5 Å². The number of fused-ring (bicyclic) bond motifs is 1. The number of likely N-dealkylation sites (N-methyl/N-ethyl adjacent to an activating group) is 2. The van der Waals surface area contributed by atoms with Crippen LogP contribution in [0, 0.1) is 5.92 Å². The van der Waals surface area contributed by atoms with Gasteiger partial charge < -0.3 is 26.2 Å². The summed E-state index contributed by atoms with van der Waals surface area (Å²) in [6.07, 6.45) is 15.8. The Bertz CT molecular complexity index is 1640. The van der Waals surface area contributed by atoms with Crippen LogP contribution in [-0.2, 0) is 22.6 Å². The summed E-state index contributed by atoms with van der Waals surface area (Å²) in [6.45, 7) is 8.92. The molecule has 260 valence electrons. The largest absolute Gasteiger partial charge is 0.351 e. The van der Waals surface area contributed by atoms with E-state index < -0.39 is 12.1 Å². The molecule has 0 saturated carbocycles. The smallest absolute Gasteiger partial charge is 0.254 e. The van der Waals surface area contributed by atoms with Crippen molar-refractivity contribution in [2.75, 3.05) is 14.1 Å². The van der Waals surface area contributed by atoms with Crippen molar-refractivity contribution < 1.29 is 14.4 Å². The zero-order valence-corrected chi connectivity index (χ0v) is 29.9. The second-order valence-electron chi connectivity index (χ2n) is 15.2. The zero-order chi connectivity index (χ0) is 35.3. The molecule has 3 atom stereocenters. The fourth-order valence-electron chi connectivity index (χ4n) is 7.78. The number of allylic oxidation sites excluding steroid dienone is 7. The summed E-state index contributed by atoms with van der Waals surface area (Å²) in [6, 6.07) is 15.3. The Balaban J connectivity index is 1.46. The minimum Gasteiger partial charge on any atom is -0.351 e. The molecule has 2 aliphatic carbocycles. The fraction of sp³-hybridized carbons (Fsp3) is 0.439. The van der Waals surface area contributed by atoms with Crippen molar-refractivity contribution >= 4 is 17.7 Å². The molecule has 0 spiro atoms. The molecule has 3 amide bonds. The number of benzene rings is 2. The molecule has 2 aromatic carbocycles. The number of nitrogens with zero attached hydrogens (tertiary/aromatic N) is 2. The number of piperidine rings is 1. The normalized spacial score (nSPS) is 20.7. The van der Waals surface area contributed by atoms with Gasteiger partial charge in [0.15, 0.2) is 0 Å². The second-order valence-corrected chi connectivity index (χ2v) is 15.2. The van der Waals surface area contributed by atoms with Gasteiger partial charge in [0.2, 0.25) is 11.8 Å². The molecule has 0 aromatic heterocycles. The average molecular weight is 664 g/mol. The molecular formula is C41H53N5O3. The third kappa shape index (κ3) is 9.05. The topological polar surface area (TPSA) is 108 Å². The van der Waals surface area contributed by atoms with Crippen LogP contribution >= 0.6 is 0 Å². The molecule has 49 heavy (non-hydrogen) atoms. The maximum absolute atomic E-state index is 14.8. The number of amides is 3. The van der Waals surface area contributed by atoms with Crippen molar-refractivity contribution in [1.29, 1.82) is 0 Å². The molecule has 8 nitrogen and oxygen atoms in total. The van der Waals surface area contributed by atoms with Crippen molar-refractivity contribution in [2.45, 2.75) is 95.5 Å². The van der Waals surface area contributed by atoms with E-state index in [1.54, 1.807) is 31.1 Å². The highest BCUT2D eigenvalue weighted by atomic mass is 16.2. The van der Waals surface area contributed by atoms with Crippen molar-refractivity contribution in [1.82, 2.24) is 20.4 Å². The summed E-state index contributed by atoms with van der Waals surface area (Å²) in [5.74, 6) is -0.446. The number of hydrogen-bond donors (Lipinski definition) is 3. The summed E-state index contributed by atoms with van der Waals surface area (Å²) in [4.78, 5) is 46.2. The van der Waals surface area contributed by atoms with Crippen LogP contribution in [0.1, 0.15) is 74.9 Å². The fourth-order valence-corrected chi connectivity index (χ4v) is 7.78. The van der Waals surface area contributed by atoms with Crippen LogP contribution in [0.15, 0.2) is 102 Å². The molecule has 1 fully saturated rings. The SMILES string of the molecule is CN(C(=O)[C@@H](CC1=CC2=CC=CCC2C=C1)N(C)C(=O)c1cccc(CN)c1)C(Cc1ccccc1)C(=O)NC1CC(C)(C)NC(C)(C)C1. The second kappa shape index (κ2) is 15.1. The molecule has 5 rings (SSSR count). The van der Waals surface area contributed by atoms with E-state index >= 15 is 0 Å². The summed E-state index contributed by atoms with van der Waals surface area (Å²) < 4.78 is 0. The molecule has 3 aliphatic rings. The Morgan fingerprint density at radius 1 is 0.918 bits per heavy atom. The van der Waals surface area contributed by atoms with E-state index in [0.717, 1.165) is 36.0 Å². The summed E-state index contributed by atoms with van der Waals surface area (Å²) in [5, 5.41) is 7.01. The van der Waals surface area contributed by atoms with Gasteiger partial charge in [-0.3, -0.25) is 14.4 Å². The van der Waals surface area contributed by atoms with Gasteiger partial charge in [-0.25, -0.2) is 0 Å². The molecule has 1 aliphatic heterocycles. The maximum atomic E-state index is 14.8. The van der Waals surface area contributed by atoms with Crippen LogP contribution in [0.3, 0.4) is 0 Å². The van der Waals surface area contributed by atoms with E-state index in [4.69, 9.17) is 5.73 Å². The number of carbonyl (C=O) groups is 3. The quantitative estimate of drug-likeness (QED) is 0.296. The van der Waals surface area contributed by atoms with E-state index in [1.165, 1.54) is 10.5 Å². The first-order valence-electron chi connectivity index (χ1n) is 17.5. The van der Waals surface area contributed by atoms with Gasteiger partial charge in [0.05, 0.1) is 0 Å². The maximum Gasteiger partial charge on any atom is 0.254 e. The molecule has 1 saturated heterocycles. The Morgan fingerprint density at radius 2 is 1.61 bits per heavy atom. The third-order valence-corrected chi connectivity index (χ3v) is 9.98. The first kappa shape index (κ1) is 36.0. The van der Waals surface area contributed by atoms with Crippen LogP contribution in [0.25, 0.3) is 0 Å². The average Bonchev–Trinajstić information content (AvgIpc) is 3.07. The number of nitrogens with two attached hydrogens (primary N) is 1. The van der Waals surface area contributed by atoms with E-state index in [2.05, 4.69) is 74.8 Å².